The van der Waals surface area contributed by atoms with Crippen molar-refractivity contribution in [1.82, 2.24) is 14.9 Å². The fourth-order valence-corrected chi connectivity index (χ4v) is 3.33. The molecule has 0 N–H and O–H groups in total. The highest BCUT2D eigenvalue weighted by atomic mass is 16.7. The molecule has 25 heavy (non-hydrogen) atoms. The zero-order valence-electron chi connectivity index (χ0n) is 15.5. The molecule has 2 aliphatic heterocycles. The zero-order valence-corrected chi connectivity index (χ0v) is 15.5. The van der Waals surface area contributed by atoms with E-state index in [0.717, 1.165) is 25.1 Å². The Morgan fingerprint density at radius 2 is 1.96 bits per heavy atom. The number of hydrogen-bond donors (Lipinski definition) is 0. The van der Waals surface area contributed by atoms with Crippen molar-refractivity contribution in [2.75, 3.05) is 44.8 Å². The molecule has 2 fully saturated rings. The van der Waals surface area contributed by atoms with Crippen LogP contribution < -0.4 is 4.90 Å². The maximum atomic E-state index is 12.9. The topological polar surface area (TPSA) is 67.8 Å². The van der Waals surface area contributed by atoms with Crippen molar-refractivity contribution in [3.63, 3.8) is 0 Å². The second-order valence-electron chi connectivity index (χ2n) is 6.87. The van der Waals surface area contributed by atoms with E-state index in [4.69, 9.17) is 9.47 Å². The Kier molecular flexibility index (Phi) is 5.54. The first kappa shape index (κ1) is 18.1. The number of anilines is 1. The predicted octanol–water partition coefficient (Wildman–Crippen LogP) is 2.00. The number of nitrogens with zero attached hydrogens (tertiary/aromatic N) is 4. The largest absolute Gasteiger partial charge is 0.347 e. The van der Waals surface area contributed by atoms with Crippen LogP contribution in [-0.4, -0.2) is 66.5 Å². The smallest absolute Gasteiger partial charge is 0.272 e. The summed E-state index contributed by atoms with van der Waals surface area (Å²) >= 11 is 0. The molecule has 0 unspecified atom stereocenters. The molecular weight excluding hydrogens is 320 g/mol. The van der Waals surface area contributed by atoms with Crippen LogP contribution >= 0.6 is 0 Å². The highest BCUT2D eigenvalue weighted by molar-refractivity contribution is 5.92. The quantitative estimate of drug-likeness (QED) is 0.811. The monoisotopic (exact) mass is 348 g/mol. The van der Waals surface area contributed by atoms with Gasteiger partial charge in [0.2, 0.25) is 5.95 Å². The van der Waals surface area contributed by atoms with Crippen molar-refractivity contribution in [2.24, 2.45) is 0 Å². The van der Waals surface area contributed by atoms with Gasteiger partial charge in [0.1, 0.15) is 5.69 Å². The first-order valence-electron chi connectivity index (χ1n) is 9.17. The van der Waals surface area contributed by atoms with Crippen LogP contribution in [0.4, 0.5) is 5.95 Å². The van der Waals surface area contributed by atoms with Gasteiger partial charge in [-0.05, 0) is 19.4 Å². The van der Waals surface area contributed by atoms with Crippen molar-refractivity contribution >= 4 is 11.9 Å². The van der Waals surface area contributed by atoms with Crippen LogP contribution in [0, 0.1) is 6.92 Å². The lowest BCUT2D eigenvalue weighted by Crippen LogP contribution is -2.47. The second kappa shape index (κ2) is 7.66. The summed E-state index contributed by atoms with van der Waals surface area (Å²) in [7, 11) is 1.97. The van der Waals surface area contributed by atoms with Gasteiger partial charge in [0.25, 0.3) is 5.91 Å². The number of likely N-dealkylation sites (tertiary alicyclic amines) is 1. The van der Waals surface area contributed by atoms with Crippen LogP contribution in [0.1, 0.15) is 48.8 Å². The van der Waals surface area contributed by atoms with Gasteiger partial charge in [-0.2, -0.15) is 0 Å². The number of hydrogen-bond acceptors (Lipinski definition) is 6. The van der Waals surface area contributed by atoms with Crippen LogP contribution in [0.5, 0.6) is 0 Å². The summed E-state index contributed by atoms with van der Waals surface area (Å²) < 4.78 is 11.5. The Balaban J connectivity index is 1.68. The Morgan fingerprint density at radius 1 is 1.28 bits per heavy atom. The molecule has 1 spiro atoms. The van der Waals surface area contributed by atoms with E-state index in [0.29, 0.717) is 50.8 Å². The zero-order chi connectivity index (χ0) is 17.9. The third kappa shape index (κ3) is 4.10. The molecule has 0 aliphatic carbocycles. The van der Waals surface area contributed by atoms with Gasteiger partial charge in [-0.1, -0.05) is 13.3 Å². The molecule has 2 saturated heterocycles. The third-order valence-electron chi connectivity index (χ3n) is 4.88. The molecule has 7 heteroatoms. The molecule has 0 radical (unpaired) electrons. The van der Waals surface area contributed by atoms with Gasteiger partial charge in [0, 0.05) is 45.2 Å². The molecule has 7 nitrogen and oxygen atoms in total. The summed E-state index contributed by atoms with van der Waals surface area (Å²) in [5.41, 5.74) is 1.28. The molecule has 1 aromatic heterocycles. The average molecular weight is 348 g/mol. The fourth-order valence-electron chi connectivity index (χ4n) is 3.33. The predicted molar refractivity (Wildman–Crippen MR) is 94.7 cm³/mol. The van der Waals surface area contributed by atoms with Crippen molar-refractivity contribution in [1.29, 1.82) is 0 Å². The highest BCUT2D eigenvalue weighted by Gasteiger charge is 2.41. The van der Waals surface area contributed by atoms with Gasteiger partial charge in [-0.15, -0.1) is 0 Å². The molecule has 3 rings (SSSR count). The SMILES string of the molecule is CCCCN(C)c1nc(C)cc(C(=O)N2CCC3(CC2)OCCO3)n1. The van der Waals surface area contributed by atoms with Gasteiger partial charge in [-0.25, -0.2) is 9.97 Å². The van der Waals surface area contributed by atoms with Crippen LogP contribution in [0.25, 0.3) is 0 Å². The lowest BCUT2D eigenvalue weighted by atomic mass is 10.0. The lowest BCUT2D eigenvalue weighted by molar-refractivity contribution is -0.181. The Morgan fingerprint density at radius 3 is 2.60 bits per heavy atom. The maximum absolute atomic E-state index is 12.9. The molecule has 2 aliphatic rings. The van der Waals surface area contributed by atoms with Crippen LogP contribution in [0.15, 0.2) is 6.07 Å². The lowest BCUT2D eigenvalue weighted by Gasteiger charge is -2.37. The van der Waals surface area contributed by atoms with Gasteiger partial charge in [-0.3, -0.25) is 4.79 Å². The molecule has 1 aromatic rings. The van der Waals surface area contributed by atoms with E-state index in [-0.39, 0.29) is 5.91 Å². The van der Waals surface area contributed by atoms with Gasteiger partial charge in [0.05, 0.1) is 13.2 Å². The molecule has 1 amide bonds. The van der Waals surface area contributed by atoms with Crippen LogP contribution in [0.3, 0.4) is 0 Å². The standard InChI is InChI=1S/C18H28N4O3/c1-4-5-8-21(3)17-19-14(2)13-15(20-17)16(23)22-9-6-18(7-10-22)24-11-12-25-18/h13H,4-12H2,1-3H3. The number of carbonyl (C=O) groups excluding carboxylic acids is 1. The van der Waals surface area contributed by atoms with Crippen LogP contribution in [0.2, 0.25) is 0 Å². The number of piperidine rings is 1. The number of carbonyl (C=O) groups is 1. The van der Waals surface area contributed by atoms with Crippen molar-refractivity contribution in [3.8, 4) is 0 Å². The molecule has 3 heterocycles. The minimum absolute atomic E-state index is 0.0384. The van der Waals surface area contributed by atoms with E-state index in [1.165, 1.54) is 0 Å². The Bertz CT molecular complexity index is 606. The normalized spacial score (nSPS) is 19.4. The van der Waals surface area contributed by atoms with Crippen molar-refractivity contribution < 1.29 is 14.3 Å². The first-order valence-corrected chi connectivity index (χ1v) is 9.17. The summed E-state index contributed by atoms with van der Waals surface area (Å²) in [5, 5.41) is 0. The maximum Gasteiger partial charge on any atom is 0.272 e. The first-order chi connectivity index (χ1) is 12.0. The minimum atomic E-state index is -0.468. The van der Waals surface area contributed by atoms with E-state index >= 15 is 0 Å². The summed E-state index contributed by atoms with van der Waals surface area (Å²) in [6.07, 6.45) is 3.62. The molecular formula is C18H28N4O3. The molecule has 0 aromatic carbocycles. The Hall–Kier alpha value is -1.73. The fraction of sp³-hybridized carbons (Fsp3) is 0.722. The molecule has 138 valence electrons. The van der Waals surface area contributed by atoms with E-state index < -0.39 is 5.79 Å². The van der Waals surface area contributed by atoms with E-state index in [9.17, 15) is 4.79 Å². The number of aryl methyl sites for hydroxylation is 1. The minimum Gasteiger partial charge on any atom is -0.347 e. The molecule has 0 bridgehead atoms. The average Bonchev–Trinajstić information content (AvgIpc) is 3.07. The summed E-state index contributed by atoms with van der Waals surface area (Å²) in [4.78, 5) is 25.7. The summed E-state index contributed by atoms with van der Waals surface area (Å²) in [6.45, 7) is 7.49. The van der Waals surface area contributed by atoms with Crippen molar-refractivity contribution in [3.05, 3.63) is 17.5 Å². The molecule has 0 saturated carbocycles. The van der Waals surface area contributed by atoms with Crippen LogP contribution in [-0.2, 0) is 9.47 Å². The van der Waals surface area contributed by atoms with Gasteiger partial charge in [0.15, 0.2) is 5.79 Å². The second-order valence-corrected chi connectivity index (χ2v) is 6.87. The summed E-state index contributed by atoms with van der Waals surface area (Å²) in [6, 6.07) is 1.77. The summed E-state index contributed by atoms with van der Waals surface area (Å²) in [5.74, 6) is 0.111. The Labute approximate surface area is 149 Å². The number of amides is 1. The van der Waals surface area contributed by atoms with E-state index in [1.807, 2.05) is 23.8 Å². The number of rotatable bonds is 5. The van der Waals surface area contributed by atoms with E-state index in [1.54, 1.807) is 6.07 Å². The van der Waals surface area contributed by atoms with Gasteiger partial charge >= 0.3 is 0 Å². The highest BCUT2D eigenvalue weighted by Crippen LogP contribution is 2.31. The van der Waals surface area contributed by atoms with E-state index in [2.05, 4.69) is 16.9 Å². The number of unbranched alkanes of at least 4 members (excludes halogenated alkanes) is 1. The van der Waals surface area contributed by atoms with Crippen molar-refractivity contribution in [2.45, 2.75) is 45.3 Å². The number of aromatic nitrogens is 2. The third-order valence-corrected chi connectivity index (χ3v) is 4.88. The molecule has 0 atom stereocenters. The van der Waals surface area contributed by atoms with Gasteiger partial charge < -0.3 is 19.3 Å². The number of ether oxygens (including phenoxy) is 2.